The van der Waals surface area contributed by atoms with Gasteiger partial charge in [-0.15, -0.1) is 0 Å². The highest BCUT2D eigenvalue weighted by molar-refractivity contribution is 5.94. The summed E-state index contributed by atoms with van der Waals surface area (Å²) in [5, 5.41) is 2.00. The zero-order chi connectivity index (χ0) is 28.4. The number of carbonyl (C=O) groups is 3. The Labute approximate surface area is 225 Å². The van der Waals surface area contributed by atoms with Gasteiger partial charge in [0, 0.05) is 12.1 Å². The molecule has 0 radical (unpaired) electrons. The van der Waals surface area contributed by atoms with Crippen LogP contribution in [0.5, 0.6) is 0 Å². The van der Waals surface area contributed by atoms with Gasteiger partial charge in [-0.1, -0.05) is 60.3 Å². The molecule has 1 aliphatic rings. The minimum absolute atomic E-state index is 0.0738. The van der Waals surface area contributed by atoms with Gasteiger partial charge in [0.1, 0.15) is 5.54 Å². The molecule has 1 unspecified atom stereocenters. The van der Waals surface area contributed by atoms with Gasteiger partial charge in [0.15, 0.2) is 5.92 Å². The van der Waals surface area contributed by atoms with Crippen molar-refractivity contribution in [2.45, 2.75) is 142 Å². The van der Waals surface area contributed by atoms with E-state index in [0.717, 1.165) is 38.5 Å². The van der Waals surface area contributed by atoms with Crippen molar-refractivity contribution in [1.29, 1.82) is 0 Å². The summed E-state index contributed by atoms with van der Waals surface area (Å²) in [5.41, 5.74) is -1.57. The van der Waals surface area contributed by atoms with E-state index in [1.54, 1.807) is 0 Å². The third-order valence-electron chi connectivity index (χ3n) is 8.32. The standard InChI is InChI=1S/C29H54N2O6/c1-11-16-17-18-19-22(20-23(24(32)35-9)25(33)36-10)37-31-28(12-2,13-3)21-30(27(6,7)8)26(34)29(31,14-4)15-5/h22-23H,11-21H2,1-10H3. The van der Waals surface area contributed by atoms with E-state index in [1.807, 2.05) is 23.8 Å². The highest BCUT2D eigenvalue weighted by Gasteiger charge is 2.59. The van der Waals surface area contributed by atoms with Gasteiger partial charge in [-0.25, -0.2) is 0 Å². The Morgan fingerprint density at radius 1 is 0.892 bits per heavy atom. The summed E-state index contributed by atoms with van der Waals surface area (Å²) in [6, 6.07) is 0. The lowest BCUT2D eigenvalue weighted by Gasteiger charge is -2.61. The first kappa shape index (κ1) is 33.4. The Bertz CT molecular complexity index is 723. The predicted molar refractivity (Wildman–Crippen MR) is 146 cm³/mol. The SMILES string of the molecule is CCCCCCC(CC(C(=O)OC)C(=O)OC)ON1C(CC)(CC)CN(C(C)(C)C)C(=O)C1(CC)CC. The molecule has 0 bridgehead atoms. The van der Waals surface area contributed by atoms with E-state index >= 15 is 0 Å². The number of hydroxylamine groups is 2. The zero-order valence-electron chi connectivity index (χ0n) is 25.3. The number of amides is 1. The monoisotopic (exact) mass is 526 g/mol. The van der Waals surface area contributed by atoms with Gasteiger partial charge >= 0.3 is 11.9 Å². The average molecular weight is 527 g/mol. The molecule has 37 heavy (non-hydrogen) atoms. The lowest BCUT2D eigenvalue weighted by molar-refractivity contribution is -0.323. The van der Waals surface area contributed by atoms with Gasteiger partial charge in [0.25, 0.3) is 0 Å². The Hall–Kier alpha value is -1.67. The summed E-state index contributed by atoms with van der Waals surface area (Å²) in [5.74, 6) is -2.26. The van der Waals surface area contributed by atoms with Gasteiger partial charge in [0.2, 0.25) is 5.91 Å². The van der Waals surface area contributed by atoms with Crippen LogP contribution in [-0.2, 0) is 28.7 Å². The summed E-state index contributed by atoms with van der Waals surface area (Å²) >= 11 is 0. The number of carbonyl (C=O) groups excluding carboxylic acids is 3. The van der Waals surface area contributed by atoms with E-state index in [0.29, 0.717) is 25.8 Å². The van der Waals surface area contributed by atoms with Gasteiger partial charge in [0.05, 0.1) is 25.9 Å². The summed E-state index contributed by atoms with van der Waals surface area (Å²) < 4.78 is 9.87. The first-order valence-electron chi connectivity index (χ1n) is 14.3. The van der Waals surface area contributed by atoms with Crippen molar-refractivity contribution in [1.82, 2.24) is 9.96 Å². The highest BCUT2D eigenvalue weighted by Crippen LogP contribution is 2.45. The lowest BCUT2D eigenvalue weighted by atomic mass is 9.77. The molecule has 0 aromatic heterocycles. The first-order valence-corrected chi connectivity index (χ1v) is 14.3. The Morgan fingerprint density at radius 2 is 1.43 bits per heavy atom. The molecule has 1 rings (SSSR count). The number of methoxy groups -OCH3 is 2. The minimum atomic E-state index is -1.08. The second-order valence-electron chi connectivity index (χ2n) is 11.4. The number of hydrogen-bond donors (Lipinski definition) is 0. The molecule has 0 aromatic carbocycles. The number of nitrogens with zero attached hydrogens (tertiary/aromatic N) is 2. The molecule has 1 atom stereocenters. The number of piperazine rings is 1. The molecule has 0 saturated carbocycles. The fourth-order valence-electron chi connectivity index (χ4n) is 5.57. The fraction of sp³-hybridized carbons (Fsp3) is 0.897. The summed E-state index contributed by atoms with van der Waals surface area (Å²) in [6.07, 6.45) is 7.30. The largest absolute Gasteiger partial charge is 0.468 e. The maximum atomic E-state index is 14.2. The lowest BCUT2D eigenvalue weighted by Crippen LogP contribution is -2.76. The number of hydrogen-bond acceptors (Lipinski definition) is 7. The molecule has 1 fully saturated rings. The normalized spacial score (nSPS) is 18.7. The minimum Gasteiger partial charge on any atom is -0.468 e. The van der Waals surface area contributed by atoms with Gasteiger partial charge in [-0.05, 0) is 59.3 Å². The van der Waals surface area contributed by atoms with Crippen LogP contribution in [0.15, 0.2) is 0 Å². The average Bonchev–Trinajstić information content (AvgIpc) is 2.88. The van der Waals surface area contributed by atoms with E-state index in [4.69, 9.17) is 14.3 Å². The third-order valence-corrected chi connectivity index (χ3v) is 8.32. The molecule has 0 N–H and O–H groups in total. The molecule has 0 aromatic rings. The quantitative estimate of drug-likeness (QED) is 0.154. The van der Waals surface area contributed by atoms with Crippen molar-refractivity contribution < 1.29 is 28.7 Å². The van der Waals surface area contributed by atoms with Crippen molar-refractivity contribution in [3.63, 3.8) is 0 Å². The van der Waals surface area contributed by atoms with Crippen LogP contribution in [-0.4, -0.2) is 71.3 Å². The van der Waals surface area contributed by atoms with Crippen molar-refractivity contribution in [3.05, 3.63) is 0 Å². The molecule has 1 saturated heterocycles. The van der Waals surface area contributed by atoms with Gasteiger partial charge in [-0.3, -0.25) is 19.2 Å². The molecule has 1 amide bonds. The van der Waals surface area contributed by atoms with Crippen LogP contribution in [0.2, 0.25) is 0 Å². The maximum absolute atomic E-state index is 14.2. The van der Waals surface area contributed by atoms with Gasteiger partial charge < -0.3 is 14.4 Å². The molecule has 8 nitrogen and oxygen atoms in total. The molecule has 216 valence electrons. The smallest absolute Gasteiger partial charge is 0.320 e. The van der Waals surface area contributed by atoms with Crippen molar-refractivity contribution in [2.75, 3.05) is 20.8 Å². The van der Waals surface area contributed by atoms with Crippen LogP contribution in [0.1, 0.15) is 120 Å². The van der Waals surface area contributed by atoms with Crippen LogP contribution >= 0.6 is 0 Å². The van der Waals surface area contributed by atoms with E-state index < -0.39 is 35.0 Å². The number of esters is 2. The van der Waals surface area contributed by atoms with Crippen LogP contribution in [0, 0.1) is 5.92 Å². The Morgan fingerprint density at radius 3 is 1.84 bits per heavy atom. The zero-order valence-corrected chi connectivity index (χ0v) is 25.3. The molecular formula is C29H54N2O6. The van der Waals surface area contributed by atoms with E-state index in [2.05, 4.69) is 41.5 Å². The van der Waals surface area contributed by atoms with Crippen LogP contribution in [0.4, 0.5) is 0 Å². The molecule has 1 heterocycles. The van der Waals surface area contributed by atoms with Crippen LogP contribution < -0.4 is 0 Å². The number of ether oxygens (including phenoxy) is 2. The molecule has 8 heteroatoms. The van der Waals surface area contributed by atoms with Crippen LogP contribution in [0.3, 0.4) is 0 Å². The second-order valence-corrected chi connectivity index (χ2v) is 11.4. The fourth-order valence-corrected chi connectivity index (χ4v) is 5.57. The highest BCUT2D eigenvalue weighted by atomic mass is 16.7. The summed E-state index contributed by atoms with van der Waals surface area (Å²) in [6.45, 7) is 17.4. The first-order chi connectivity index (χ1) is 17.4. The van der Waals surface area contributed by atoms with Crippen molar-refractivity contribution in [3.8, 4) is 0 Å². The maximum Gasteiger partial charge on any atom is 0.320 e. The molecule has 0 aliphatic carbocycles. The van der Waals surface area contributed by atoms with E-state index in [1.165, 1.54) is 14.2 Å². The van der Waals surface area contributed by atoms with E-state index in [9.17, 15) is 14.4 Å². The number of unbranched alkanes of at least 4 members (excludes halogenated alkanes) is 3. The molecule has 1 aliphatic heterocycles. The Balaban J connectivity index is 3.57. The topological polar surface area (TPSA) is 85.4 Å². The Kier molecular flexibility index (Phi) is 13.0. The summed E-state index contributed by atoms with van der Waals surface area (Å²) in [7, 11) is 2.55. The van der Waals surface area contributed by atoms with Crippen molar-refractivity contribution in [2.24, 2.45) is 5.92 Å². The van der Waals surface area contributed by atoms with Gasteiger partial charge in [-0.2, -0.15) is 5.06 Å². The molecular weight excluding hydrogens is 472 g/mol. The predicted octanol–water partition coefficient (Wildman–Crippen LogP) is 5.67. The second kappa shape index (κ2) is 14.5. The van der Waals surface area contributed by atoms with Crippen molar-refractivity contribution >= 4 is 17.8 Å². The summed E-state index contributed by atoms with van der Waals surface area (Å²) in [4.78, 5) is 48.2. The molecule has 0 spiro atoms. The van der Waals surface area contributed by atoms with E-state index in [-0.39, 0.29) is 17.9 Å². The third kappa shape index (κ3) is 7.47. The number of rotatable bonds is 15. The van der Waals surface area contributed by atoms with Crippen LogP contribution in [0.25, 0.3) is 0 Å².